The summed E-state index contributed by atoms with van der Waals surface area (Å²) in [4.78, 5) is 12.4. The lowest BCUT2D eigenvalue weighted by atomic mass is 9.72. The molecule has 1 aliphatic heterocycles. The molecule has 2 aliphatic rings. The minimum Gasteiger partial charge on any atom is -0.462 e. The molecule has 37 heavy (non-hydrogen) atoms. The molecule has 5 heteroatoms. The van der Waals surface area contributed by atoms with Crippen molar-refractivity contribution in [3.8, 4) is 0 Å². The summed E-state index contributed by atoms with van der Waals surface area (Å²) in [6.45, 7) is 11.1. The first kappa shape index (κ1) is 28.8. The van der Waals surface area contributed by atoms with E-state index < -0.39 is 17.7 Å². The molecule has 1 saturated heterocycles. The van der Waals surface area contributed by atoms with Gasteiger partial charge in [0.1, 0.15) is 6.61 Å². The number of rotatable bonds is 9. The highest BCUT2D eigenvalue weighted by molar-refractivity contribution is 5.83. The molecular weight excluding hydrogens is 464 g/mol. The van der Waals surface area contributed by atoms with E-state index in [1.54, 1.807) is 0 Å². The summed E-state index contributed by atoms with van der Waals surface area (Å²) in [7, 11) is 0. The average molecular weight is 507 g/mol. The molecule has 0 saturated carbocycles. The summed E-state index contributed by atoms with van der Waals surface area (Å²) >= 11 is 0. The van der Waals surface area contributed by atoms with Gasteiger partial charge in [-0.05, 0) is 56.6 Å². The zero-order valence-electron chi connectivity index (χ0n) is 23.0. The zero-order valence-corrected chi connectivity index (χ0v) is 23.0. The third-order valence-electron chi connectivity index (χ3n) is 7.13. The Bertz CT molecular complexity index is 1060. The van der Waals surface area contributed by atoms with Crippen molar-refractivity contribution < 1.29 is 24.1 Å². The number of hydrogen-bond acceptors (Lipinski definition) is 5. The first-order chi connectivity index (χ1) is 17.6. The molecule has 0 amide bonds. The van der Waals surface area contributed by atoms with Gasteiger partial charge in [0, 0.05) is 11.6 Å². The number of esters is 1. The normalized spacial score (nSPS) is 25.2. The van der Waals surface area contributed by atoms with Gasteiger partial charge in [0.05, 0.1) is 25.2 Å². The van der Waals surface area contributed by atoms with Crippen LogP contribution in [0.4, 0.5) is 0 Å². The van der Waals surface area contributed by atoms with Crippen molar-refractivity contribution in [3.63, 3.8) is 0 Å². The number of carbonyl (C=O) groups is 1. The highest BCUT2D eigenvalue weighted by Gasteiger charge is 2.38. The lowest BCUT2D eigenvalue weighted by Crippen LogP contribution is -2.45. The standard InChI is InChI=1S/C32H42O5/c1-24(16-17-28-26(3)13-10-18-31(28,4)5)11-9-12-25(2)19-29(34)35-21-32(20-33)22-36-30(37-23-32)27-14-7-6-8-15-27/h6-9,11-12,14-17,19,30,33H,10,13,18,20-23H2,1-5H3/b12-9+,17-16+,24-11+,25-19+. The molecule has 0 unspecified atom stereocenters. The van der Waals surface area contributed by atoms with E-state index >= 15 is 0 Å². The topological polar surface area (TPSA) is 65.0 Å². The summed E-state index contributed by atoms with van der Waals surface area (Å²) in [5.74, 6) is -0.456. The van der Waals surface area contributed by atoms with Crippen LogP contribution in [-0.4, -0.2) is 37.5 Å². The van der Waals surface area contributed by atoms with Gasteiger partial charge in [-0.25, -0.2) is 4.79 Å². The second kappa shape index (κ2) is 13.2. The van der Waals surface area contributed by atoms with Gasteiger partial charge in [-0.2, -0.15) is 0 Å². The Labute approximate surface area is 222 Å². The Kier molecular flexibility index (Phi) is 10.3. The van der Waals surface area contributed by atoms with Gasteiger partial charge in [-0.3, -0.25) is 0 Å². The smallest absolute Gasteiger partial charge is 0.331 e. The fourth-order valence-corrected chi connectivity index (χ4v) is 4.75. The molecule has 0 bridgehead atoms. The summed E-state index contributed by atoms with van der Waals surface area (Å²) in [5.41, 5.74) is 5.22. The molecule has 3 rings (SSSR count). The molecule has 0 radical (unpaired) electrons. The Morgan fingerprint density at radius 1 is 1.11 bits per heavy atom. The highest BCUT2D eigenvalue weighted by atomic mass is 16.7. The summed E-state index contributed by atoms with van der Waals surface area (Å²) in [6, 6.07) is 9.64. The third-order valence-corrected chi connectivity index (χ3v) is 7.13. The highest BCUT2D eigenvalue weighted by Crippen LogP contribution is 2.40. The SMILES string of the molecule is CC1=C(/C=C/C(C)=C/C=C/C(C)=C/C(=O)OCC2(CO)COC(c3ccccc3)OC2)C(C)(C)CCC1. The van der Waals surface area contributed by atoms with Crippen LogP contribution in [0.2, 0.25) is 0 Å². The van der Waals surface area contributed by atoms with E-state index in [4.69, 9.17) is 14.2 Å². The Balaban J connectivity index is 1.49. The third kappa shape index (κ3) is 8.39. The van der Waals surface area contributed by atoms with E-state index in [-0.39, 0.29) is 31.8 Å². The molecule has 200 valence electrons. The second-order valence-corrected chi connectivity index (χ2v) is 11.1. The van der Waals surface area contributed by atoms with Crippen LogP contribution in [-0.2, 0) is 19.0 Å². The minimum absolute atomic E-state index is 0.0206. The van der Waals surface area contributed by atoms with Crippen LogP contribution in [0.25, 0.3) is 0 Å². The lowest BCUT2D eigenvalue weighted by molar-refractivity contribution is -0.249. The van der Waals surface area contributed by atoms with Crippen molar-refractivity contribution in [1.82, 2.24) is 0 Å². The van der Waals surface area contributed by atoms with E-state index in [1.165, 1.54) is 36.5 Å². The number of carbonyl (C=O) groups excluding carboxylic acids is 1. The van der Waals surface area contributed by atoms with Crippen LogP contribution in [0.1, 0.15) is 65.7 Å². The summed E-state index contributed by atoms with van der Waals surface area (Å²) < 4.78 is 17.1. The van der Waals surface area contributed by atoms with Crippen LogP contribution in [0.15, 0.2) is 89.1 Å². The Morgan fingerprint density at radius 2 is 1.81 bits per heavy atom. The zero-order chi connectivity index (χ0) is 26.9. The first-order valence-corrected chi connectivity index (χ1v) is 13.1. The molecule has 0 aromatic heterocycles. The van der Waals surface area contributed by atoms with Crippen LogP contribution < -0.4 is 0 Å². The molecule has 0 atom stereocenters. The minimum atomic E-state index is -0.772. The van der Waals surface area contributed by atoms with Gasteiger partial charge in [0.2, 0.25) is 0 Å². The largest absolute Gasteiger partial charge is 0.462 e. The van der Waals surface area contributed by atoms with Crippen molar-refractivity contribution >= 4 is 5.97 Å². The average Bonchev–Trinajstić information content (AvgIpc) is 2.87. The van der Waals surface area contributed by atoms with E-state index in [1.807, 2.05) is 55.5 Å². The van der Waals surface area contributed by atoms with Gasteiger partial charge >= 0.3 is 5.97 Å². The van der Waals surface area contributed by atoms with Crippen molar-refractivity contribution in [2.75, 3.05) is 26.4 Å². The monoisotopic (exact) mass is 506 g/mol. The lowest BCUT2D eigenvalue weighted by Gasteiger charge is -2.38. The van der Waals surface area contributed by atoms with E-state index in [0.29, 0.717) is 0 Å². The van der Waals surface area contributed by atoms with Gasteiger partial charge in [0.25, 0.3) is 0 Å². The molecule has 1 aliphatic carbocycles. The fourth-order valence-electron chi connectivity index (χ4n) is 4.75. The van der Waals surface area contributed by atoms with Crippen LogP contribution in [0, 0.1) is 10.8 Å². The molecule has 1 aromatic carbocycles. The van der Waals surface area contributed by atoms with Crippen LogP contribution in [0.3, 0.4) is 0 Å². The molecule has 1 N–H and O–H groups in total. The van der Waals surface area contributed by atoms with Crippen LogP contribution >= 0.6 is 0 Å². The number of aliphatic hydroxyl groups excluding tert-OH is 1. The molecule has 1 aromatic rings. The Hall–Kier alpha value is -2.73. The summed E-state index contributed by atoms with van der Waals surface area (Å²) in [5, 5.41) is 9.94. The van der Waals surface area contributed by atoms with Gasteiger partial charge in [-0.1, -0.05) is 85.7 Å². The molecule has 1 heterocycles. The van der Waals surface area contributed by atoms with E-state index in [9.17, 15) is 9.90 Å². The van der Waals surface area contributed by atoms with Crippen molar-refractivity contribution in [1.29, 1.82) is 0 Å². The molecule has 1 fully saturated rings. The second-order valence-electron chi connectivity index (χ2n) is 11.1. The quantitative estimate of drug-likeness (QED) is 0.227. The van der Waals surface area contributed by atoms with Crippen molar-refractivity contribution in [2.45, 2.75) is 60.2 Å². The predicted molar refractivity (Wildman–Crippen MR) is 148 cm³/mol. The maximum Gasteiger partial charge on any atom is 0.331 e. The number of benzene rings is 1. The van der Waals surface area contributed by atoms with E-state index in [2.05, 4.69) is 39.8 Å². The van der Waals surface area contributed by atoms with Crippen molar-refractivity contribution in [2.24, 2.45) is 10.8 Å². The number of hydrogen-bond donors (Lipinski definition) is 1. The van der Waals surface area contributed by atoms with Gasteiger partial charge in [-0.15, -0.1) is 0 Å². The number of aliphatic hydroxyl groups is 1. The Morgan fingerprint density at radius 3 is 2.46 bits per heavy atom. The van der Waals surface area contributed by atoms with Crippen molar-refractivity contribution in [3.05, 3.63) is 94.6 Å². The van der Waals surface area contributed by atoms with Gasteiger partial charge in [0.15, 0.2) is 6.29 Å². The number of allylic oxidation sites excluding steroid dienone is 9. The fraction of sp³-hybridized carbons (Fsp3) is 0.469. The maximum atomic E-state index is 12.4. The molecule has 0 spiro atoms. The first-order valence-electron chi connectivity index (χ1n) is 13.1. The van der Waals surface area contributed by atoms with Crippen LogP contribution in [0.5, 0.6) is 0 Å². The van der Waals surface area contributed by atoms with E-state index in [0.717, 1.165) is 16.7 Å². The summed E-state index contributed by atoms with van der Waals surface area (Å²) in [6.07, 6.45) is 14.9. The predicted octanol–water partition coefficient (Wildman–Crippen LogP) is 6.79. The number of ether oxygens (including phenoxy) is 3. The maximum absolute atomic E-state index is 12.4. The molecular formula is C32H42O5. The van der Waals surface area contributed by atoms with Gasteiger partial charge < -0.3 is 19.3 Å². The molecule has 5 nitrogen and oxygen atoms in total.